The fraction of sp³-hybridized carbons (Fsp3) is 0.611. The molecule has 25 heavy (non-hydrogen) atoms. The van der Waals surface area contributed by atoms with Crippen LogP contribution in [0.15, 0.2) is 18.5 Å². The van der Waals surface area contributed by atoms with Crippen molar-refractivity contribution >= 4 is 5.95 Å². The third kappa shape index (κ3) is 3.52. The first-order chi connectivity index (χ1) is 12.3. The first-order valence-corrected chi connectivity index (χ1v) is 9.32. The Bertz CT molecular complexity index is 703. The van der Waals surface area contributed by atoms with Gasteiger partial charge in [0.1, 0.15) is 0 Å². The summed E-state index contributed by atoms with van der Waals surface area (Å²) in [6, 6.07) is 1.97. The molecule has 2 fully saturated rings. The van der Waals surface area contributed by atoms with E-state index in [0.29, 0.717) is 12.5 Å². The summed E-state index contributed by atoms with van der Waals surface area (Å²) in [5.74, 6) is 1.21. The fourth-order valence-electron chi connectivity index (χ4n) is 3.81. The molecule has 0 spiro atoms. The third-order valence-corrected chi connectivity index (χ3v) is 5.11. The largest absolute Gasteiger partial charge is 0.394 e. The first kappa shape index (κ1) is 16.5. The summed E-state index contributed by atoms with van der Waals surface area (Å²) < 4.78 is 1.84. The minimum atomic E-state index is 0.0896. The van der Waals surface area contributed by atoms with Gasteiger partial charge in [0, 0.05) is 43.5 Å². The van der Waals surface area contributed by atoms with Gasteiger partial charge in [-0.2, -0.15) is 5.10 Å². The highest BCUT2D eigenvalue weighted by Gasteiger charge is 2.24. The van der Waals surface area contributed by atoms with E-state index in [9.17, 15) is 5.11 Å². The Balaban J connectivity index is 1.69. The van der Waals surface area contributed by atoms with E-state index >= 15 is 0 Å². The van der Waals surface area contributed by atoms with Crippen molar-refractivity contribution < 1.29 is 5.11 Å². The van der Waals surface area contributed by atoms with Crippen LogP contribution in [0.3, 0.4) is 0 Å². The molecule has 0 amide bonds. The van der Waals surface area contributed by atoms with E-state index in [2.05, 4.69) is 15.2 Å². The summed E-state index contributed by atoms with van der Waals surface area (Å²) in [5, 5.41) is 17.5. The van der Waals surface area contributed by atoms with Gasteiger partial charge in [-0.15, -0.1) is 0 Å². The monoisotopic (exact) mass is 342 g/mol. The van der Waals surface area contributed by atoms with Crippen molar-refractivity contribution in [2.24, 2.45) is 0 Å². The molecule has 4 rings (SSSR count). The zero-order chi connectivity index (χ0) is 17.1. The maximum absolute atomic E-state index is 9.28. The Kier molecular flexibility index (Phi) is 4.94. The molecule has 7 nitrogen and oxygen atoms in total. The van der Waals surface area contributed by atoms with Gasteiger partial charge in [0.05, 0.1) is 24.5 Å². The van der Waals surface area contributed by atoms with Crippen LogP contribution in [0.2, 0.25) is 0 Å². The molecule has 2 aliphatic heterocycles. The maximum Gasteiger partial charge on any atom is 0.225 e. The molecule has 2 aliphatic rings. The van der Waals surface area contributed by atoms with Crippen LogP contribution in [0.1, 0.15) is 37.3 Å². The summed E-state index contributed by atoms with van der Waals surface area (Å²) in [6.45, 7) is 4.70. The lowest BCUT2D eigenvalue weighted by molar-refractivity contribution is 0.268. The van der Waals surface area contributed by atoms with Crippen LogP contribution in [0.25, 0.3) is 11.3 Å². The number of aromatic nitrogens is 4. The molecule has 4 heterocycles. The van der Waals surface area contributed by atoms with Crippen molar-refractivity contribution in [2.75, 3.05) is 37.7 Å². The highest BCUT2D eigenvalue weighted by Crippen LogP contribution is 2.31. The maximum atomic E-state index is 9.28. The zero-order valence-electron chi connectivity index (χ0n) is 14.6. The van der Waals surface area contributed by atoms with Crippen molar-refractivity contribution in [1.82, 2.24) is 25.1 Å². The van der Waals surface area contributed by atoms with Crippen molar-refractivity contribution in [3.05, 3.63) is 24.2 Å². The summed E-state index contributed by atoms with van der Waals surface area (Å²) in [4.78, 5) is 11.6. The molecular weight excluding hydrogens is 316 g/mol. The molecule has 1 atom stereocenters. The van der Waals surface area contributed by atoms with Crippen LogP contribution in [0.5, 0.6) is 0 Å². The van der Waals surface area contributed by atoms with E-state index in [4.69, 9.17) is 10.1 Å². The molecule has 0 aromatic carbocycles. The predicted molar refractivity (Wildman–Crippen MR) is 96.6 cm³/mol. The second-order valence-corrected chi connectivity index (χ2v) is 6.89. The number of nitrogens with zero attached hydrogens (tertiary/aromatic N) is 5. The molecule has 7 heteroatoms. The molecule has 2 N–H and O–H groups in total. The predicted octanol–water partition coefficient (Wildman–Crippen LogP) is 1.40. The number of hydrogen-bond donors (Lipinski definition) is 2. The van der Waals surface area contributed by atoms with Gasteiger partial charge in [0.15, 0.2) is 0 Å². The van der Waals surface area contributed by atoms with E-state index in [1.165, 1.54) is 19.3 Å². The zero-order valence-corrected chi connectivity index (χ0v) is 14.6. The third-order valence-electron chi connectivity index (χ3n) is 5.11. The van der Waals surface area contributed by atoms with Crippen LogP contribution >= 0.6 is 0 Å². The number of piperidine rings is 1. The van der Waals surface area contributed by atoms with Gasteiger partial charge in [-0.1, -0.05) is 0 Å². The van der Waals surface area contributed by atoms with Crippen LogP contribution in [-0.4, -0.2) is 57.6 Å². The first-order valence-electron chi connectivity index (χ1n) is 9.32. The van der Waals surface area contributed by atoms with Gasteiger partial charge in [0.2, 0.25) is 5.95 Å². The lowest BCUT2D eigenvalue weighted by Crippen LogP contribution is -2.29. The Hall–Kier alpha value is -1.99. The standard InChI is InChI=1S/C18H26N6O/c25-11-10-24-13-15(17(22-24)14-4-3-6-19-12-14)16-5-7-20-18(21-16)23-8-1-2-9-23/h5,7,13-14,19,25H,1-4,6,8-12H2/t14-/m1/s1. The van der Waals surface area contributed by atoms with Gasteiger partial charge in [-0.3, -0.25) is 4.68 Å². The summed E-state index contributed by atoms with van der Waals surface area (Å²) in [5.41, 5.74) is 3.10. The number of aliphatic hydroxyl groups excluding tert-OH is 1. The molecule has 2 aromatic heterocycles. The average molecular weight is 342 g/mol. The molecule has 0 saturated carbocycles. The Morgan fingerprint density at radius 1 is 1.24 bits per heavy atom. The van der Waals surface area contributed by atoms with Gasteiger partial charge in [-0.25, -0.2) is 9.97 Å². The lowest BCUT2D eigenvalue weighted by atomic mass is 9.93. The number of anilines is 1. The number of hydrogen-bond acceptors (Lipinski definition) is 6. The second-order valence-electron chi connectivity index (χ2n) is 6.89. The average Bonchev–Trinajstić information content (AvgIpc) is 3.33. The topological polar surface area (TPSA) is 79.1 Å². The van der Waals surface area contributed by atoms with E-state index in [1.54, 1.807) is 0 Å². The van der Waals surface area contributed by atoms with Gasteiger partial charge >= 0.3 is 0 Å². The highest BCUT2D eigenvalue weighted by molar-refractivity contribution is 5.63. The number of aliphatic hydroxyl groups is 1. The van der Waals surface area contributed by atoms with Gasteiger partial charge in [-0.05, 0) is 38.3 Å². The van der Waals surface area contributed by atoms with Crippen molar-refractivity contribution in [2.45, 2.75) is 38.1 Å². The second kappa shape index (κ2) is 7.49. The summed E-state index contributed by atoms with van der Waals surface area (Å²) in [6.07, 6.45) is 8.60. The van der Waals surface area contributed by atoms with Crippen molar-refractivity contribution in [1.29, 1.82) is 0 Å². The van der Waals surface area contributed by atoms with E-state index in [-0.39, 0.29) is 6.61 Å². The number of nitrogens with one attached hydrogen (secondary N) is 1. The smallest absolute Gasteiger partial charge is 0.225 e. The molecule has 0 radical (unpaired) electrons. The summed E-state index contributed by atoms with van der Waals surface area (Å²) >= 11 is 0. The minimum Gasteiger partial charge on any atom is -0.394 e. The SMILES string of the molecule is OCCn1cc(-c2ccnc(N3CCCC3)n2)c([C@@H]2CCCNC2)n1. The minimum absolute atomic E-state index is 0.0896. The van der Waals surface area contributed by atoms with Crippen LogP contribution in [0.4, 0.5) is 5.95 Å². The molecule has 134 valence electrons. The molecule has 0 unspecified atom stereocenters. The van der Waals surface area contributed by atoms with Crippen molar-refractivity contribution in [3.63, 3.8) is 0 Å². The van der Waals surface area contributed by atoms with Gasteiger partial charge < -0.3 is 15.3 Å². The molecule has 0 aliphatic carbocycles. The molecule has 0 bridgehead atoms. The molecule has 2 saturated heterocycles. The molecular formula is C18H26N6O. The van der Waals surface area contributed by atoms with Gasteiger partial charge in [0.25, 0.3) is 0 Å². The van der Waals surface area contributed by atoms with Crippen LogP contribution in [0, 0.1) is 0 Å². The number of rotatable bonds is 5. The van der Waals surface area contributed by atoms with E-state index in [1.807, 2.05) is 23.1 Å². The summed E-state index contributed by atoms with van der Waals surface area (Å²) in [7, 11) is 0. The Labute approximate surface area is 148 Å². The lowest BCUT2D eigenvalue weighted by Gasteiger charge is -2.22. The van der Waals surface area contributed by atoms with Crippen molar-refractivity contribution in [3.8, 4) is 11.3 Å². The quantitative estimate of drug-likeness (QED) is 0.855. The fourth-order valence-corrected chi connectivity index (χ4v) is 3.81. The normalized spacial score (nSPS) is 21.0. The Morgan fingerprint density at radius 2 is 2.12 bits per heavy atom. The molecule has 2 aromatic rings. The van der Waals surface area contributed by atoms with E-state index in [0.717, 1.165) is 55.5 Å². The van der Waals surface area contributed by atoms with Crippen LogP contribution in [-0.2, 0) is 6.54 Å². The van der Waals surface area contributed by atoms with E-state index < -0.39 is 0 Å². The van der Waals surface area contributed by atoms with Crippen LogP contribution < -0.4 is 10.2 Å². The Morgan fingerprint density at radius 3 is 2.88 bits per heavy atom. The highest BCUT2D eigenvalue weighted by atomic mass is 16.3.